The molecule has 5 heteroatoms. The molecule has 1 aliphatic rings. The van der Waals surface area contributed by atoms with E-state index >= 15 is 0 Å². The lowest BCUT2D eigenvalue weighted by atomic mass is 9.92. The highest BCUT2D eigenvalue weighted by Crippen LogP contribution is 2.24. The minimum absolute atomic E-state index is 0.224. The van der Waals surface area contributed by atoms with E-state index < -0.39 is 0 Å². The van der Waals surface area contributed by atoms with E-state index in [4.69, 9.17) is 0 Å². The summed E-state index contributed by atoms with van der Waals surface area (Å²) in [5.74, 6) is 0.345. The number of aryl methyl sites for hydroxylation is 1. The molecule has 5 nitrogen and oxygen atoms in total. The average Bonchev–Trinajstić information content (AvgIpc) is 2.64. The lowest BCUT2D eigenvalue weighted by Gasteiger charge is -2.23. The third kappa shape index (κ3) is 4.17. The number of amides is 1. The van der Waals surface area contributed by atoms with E-state index in [1.807, 2.05) is 12.1 Å². The van der Waals surface area contributed by atoms with Crippen molar-refractivity contribution in [1.82, 2.24) is 15.3 Å². The zero-order valence-corrected chi connectivity index (χ0v) is 14.1. The van der Waals surface area contributed by atoms with Crippen LogP contribution in [0.3, 0.4) is 0 Å². The van der Waals surface area contributed by atoms with Crippen LogP contribution < -0.4 is 10.6 Å². The van der Waals surface area contributed by atoms with Crippen molar-refractivity contribution in [3.05, 3.63) is 53.6 Å². The minimum atomic E-state index is -0.224. The molecule has 0 radical (unpaired) electrons. The smallest absolute Gasteiger partial charge is 0.275 e. The Kier molecular flexibility index (Phi) is 5.54. The van der Waals surface area contributed by atoms with Gasteiger partial charge in [0.1, 0.15) is 5.69 Å². The van der Waals surface area contributed by atoms with Crippen molar-refractivity contribution in [2.24, 2.45) is 0 Å². The van der Waals surface area contributed by atoms with Crippen LogP contribution in [0, 0.1) is 0 Å². The molecular formula is C19H24N4O. The van der Waals surface area contributed by atoms with Gasteiger partial charge < -0.3 is 10.6 Å². The normalized spacial score (nSPS) is 17.5. The fraction of sp³-hybridized carbons (Fsp3) is 0.421. The van der Waals surface area contributed by atoms with Gasteiger partial charge in [-0.2, -0.15) is 0 Å². The quantitative estimate of drug-likeness (QED) is 0.886. The van der Waals surface area contributed by atoms with Gasteiger partial charge in [0, 0.05) is 18.4 Å². The number of nitrogens with one attached hydrogen (secondary N) is 2. The summed E-state index contributed by atoms with van der Waals surface area (Å²) in [7, 11) is 0. The van der Waals surface area contributed by atoms with Crippen LogP contribution in [0.2, 0.25) is 0 Å². The van der Waals surface area contributed by atoms with E-state index in [-0.39, 0.29) is 5.91 Å². The Morgan fingerprint density at radius 1 is 1.25 bits per heavy atom. The van der Waals surface area contributed by atoms with Crippen molar-refractivity contribution >= 4 is 11.6 Å². The predicted molar refractivity (Wildman–Crippen MR) is 95.3 cm³/mol. The largest absolute Gasteiger partial charge is 0.321 e. The molecule has 126 valence electrons. The number of aromatic nitrogens is 2. The van der Waals surface area contributed by atoms with Gasteiger partial charge in [0.2, 0.25) is 0 Å². The first-order valence-electron chi connectivity index (χ1n) is 8.69. The minimum Gasteiger partial charge on any atom is -0.321 e. The molecule has 2 N–H and O–H groups in total. The molecule has 1 aromatic carbocycles. The molecule has 0 aliphatic carbocycles. The highest BCUT2D eigenvalue weighted by molar-refractivity contribution is 6.02. The van der Waals surface area contributed by atoms with Crippen LogP contribution in [0.4, 0.5) is 5.69 Å². The van der Waals surface area contributed by atoms with Crippen LogP contribution in [0.25, 0.3) is 0 Å². The molecule has 1 unspecified atom stereocenters. The molecule has 1 aromatic heterocycles. The fourth-order valence-corrected chi connectivity index (χ4v) is 3.03. The Labute approximate surface area is 142 Å². The summed E-state index contributed by atoms with van der Waals surface area (Å²) in [5, 5.41) is 6.31. The van der Waals surface area contributed by atoms with Gasteiger partial charge in [-0.1, -0.05) is 25.5 Å². The lowest BCUT2D eigenvalue weighted by molar-refractivity contribution is 0.102. The number of hydrogen-bond acceptors (Lipinski definition) is 4. The number of hydrogen-bond donors (Lipinski definition) is 2. The van der Waals surface area contributed by atoms with Gasteiger partial charge in [-0.25, -0.2) is 4.98 Å². The Balaban J connectivity index is 1.61. The molecule has 0 spiro atoms. The average molecular weight is 324 g/mol. The van der Waals surface area contributed by atoms with Crippen molar-refractivity contribution in [2.45, 2.75) is 38.5 Å². The van der Waals surface area contributed by atoms with E-state index in [0.717, 1.165) is 37.3 Å². The number of carbonyl (C=O) groups is 1. The van der Waals surface area contributed by atoms with Crippen molar-refractivity contribution in [2.75, 3.05) is 18.4 Å². The second kappa shape index (κ2) is 8.02. The summed E-state index contributed by atoms with van der Waals surface area (Å²) >= 11 is 0. The highest BCUT2D eigenvalue weighted by Gasteiger charge is 2.15. The van der Waals surface area contributed by atoms with Crippen LogP contribution >= 0.6 is 0 Å². The van der Waals surface area contributed by atoms with E-state index in [1.54, 1.807) is 12.4 Å². The second-order valence-corrected chi connectivity index (χ2v) is 6.26. The predicted octanol–water partition coefficient (Wildman–Crippen LogP) is 3.15. The molecule has 24 heavy (non-hydrogen) atoms. The van der Waals surface area contributed by atoms with E-state index in [0.29, 0.717) is 11.6 Å². The number of carbonyl (C=O) groups excluding carboxylic acids is 1. The van der Waals surface area contributed by atoms with Crippen LogP contribution in [-0.2, 0) is 6.42 Å². The SMILES string of the molecule is CCCc1cnc(C(=O)Nc2ccc(C3CCCNC3)cc2)cn1. The van der Waals surface area contributed by atoms with E-state index in [1.165, 1.54) is 18.4 Å². The Hall–Kier alpha value is -2.27. The van der Waals surface area contributed by atoms with Gasteiger partial charge in [-0.15, -0.1) is 0 Å². The zero-order valence-electron chi connectivity index (χ0n) is 14.1. The molecule has 1 saturated heterocycles. The van der Waals surface area contributed by atoms with Crippen molar-refractivity contribution in [1.29, 1.82) is 0 Å². The number of benzene rings is 1. The molecule has 1 atom stereocenters. The van der Waals surface area contributed by atoms with E-state index in [9.17, 15) is 4.79 Å². The number of nitrogens with zero attached hydrogens (tertiary/aromatic N) is 2. The summed E-state index contributed by atoms with van der Waals surface area (Å²) in [6, 6.07) is 8.12. The highest BCUT2D eigenvalue weighted by atomic mass is 16.1. The van der Waals surface area contributed by atoms with Crippen molar-refractivity contribution < 1.29 is 4.79 Å². The van der Waals surface area contributed by atoms with Crippen LogP contribution in [0.5, 0.6) is 0 Å². The summed E-state index contributed by atoms with van der Waals surface area (Å²) < 4.78 is 0. The fourth-order valence-electron chi connectivity index (χ4n) is 3.03. The molecule has 1 fully saturated rings. The van der Waals surface area contributed by atoms with Gasteiger partial charge in [0.15, 0.2) is 0 Å². The molecule has 2 aromatic rings. The first kappa shape index (κ1) is 16.6. The second-order valence-electron chi connectivity index (χ2n) is 6.26. The topological polar surface area (TPSA) is 66.9 Å². The van der Waals surface area contributed by atoms with Gasteiger partial charge in [0.25, 0.3) is 5.91 Å². The maximum absolute atomic E-state index is 12.2. The number of anilines is 1. The standard InChI is InChI=1S/C19H24N4O/c1-2-4-17-12-22-18(13-21-17)19(24)23-16-8-6-14(7-9-16)15-5-3-10-20-11-15/h6-9,12-13,15,20H,2-5,10-11H2,1H3,(H,23,24). The maximum atomic E-state index is 12.2. The summed E-state index contributed by atoms with van der Waals surface area (Å²) in [5.41, 5.74) is 3.37. The van der Waals surface area contributed by atoms with Crippen molar-refractivity contribution in [3.63, 3.8) is 0 Å². The van der Waals surface area contributed by atoms with Gasteiger partial charge in [0.05, 0.1) is 11.9 Å². The molecular weight excluding hydrogens is 300 g/mol. The zero-order chi connectivity index (χ0) is 16.8. The summed E-state index contributed by atoms with van der Waals surface area (Å²) in [4.78, 5) is 20.7. The maximum Gasteiger partial charge on any atom is 0.275 e. The van der Waals surface area contributed by atoms with Crippen LogP contribution in [0.15, 0.2) is 36.7 Å². The first-order chi connectivity index (χ1) is 11.8. The molecule has 1 amide bonds. The Bertz CT molecular complexity index is 661. The Morgan fingerprint density at radius 3 is 2.71 bits per heavy atom. The molecule has 0 bridgehead atoms. The third-order valence-corrected chi connectivity index (χ3v) is 4.38. The van der Waals surface area contributed by atoms with E-state index in [2.05, 4.69) is 39.7 Å². The van der Waals surface area contributed by atoms with Gasteiger partial charge in [-0.3, -0.25) is 9.78 Å². The molecule has 1 aliphatic heterocycles. The van der Waals surface area contributed by atoms with Crippen LogP contribution in [0.1, 0.15) is 53.8 Å². The first-order valence-corrected chi connectivity index (χ1v) is 8.69. The monoisotopic (exact) mass is 324 g/mol. The summed E-state index contributed by atoms with van der Waals surface area (Å²) in [6.45, 7) is 4.24. The van der Waals surface area contributed by atoms with Gasteiger partial charge in [-0.05, 0) is 49.4 Å². The Morgan fingerprint density at radius 2 is 2.08 bits per heavy atom. The lowest BCUT2D eigenvalue weighted by Crippen LogP contribution is -2.28. The molecule has 0 saturated carbocycles. The van der Waals surface area contributed by atoms with Crippen molar-refractivity contribution in [3.8, 4) is 0 Å². The summed E-state index contributed by atoms with van der Waals surface area (Å²) in [6.07, 6.45) is 7.56. The van der Waals surface area contributed by atoms with Crippen LogP contribution in [-0.4, -0.2) is 29.0 Å². The third-order valence-electron chi connectivity index (χ3n) is 4.38. The number of piperidine rings is 1. The molecule has 2 heterocycles. The van der Waals surface area contributed by atoms with Gasteiger partial charge >= 0.3 is 0 Å². The number of rotatable bonds is 5. The molecule has 3 rings (SSSR count).